The summed E-state index contributed by atoms with van der Waals surface area (Å²) in [4.78, 5) is 10.3. The molecule has 43 heavy (non-hydrogen) atoms. The summed E-state index contributed by atoms with van der Waals surface area (Å²) in [6.07, 6.45) is 12.3. The summed E-state index contributed by atoms with van der Waals surface area (Å²) in [6, 6.07) is 17.2. The second-order valence-corrected chi connectivity index (χ2v) is 15.6. The molecule has 2 saturated carbocycles. The molecule has 6 rings (SSSR count). The normalized spacial score (nSPS) is 23.7. The molecule has 2 heterocycles. The third-order valence-corrected chi connectivity index (χ3v) is 13.1. The minimum Gasteiger partial charge on any atom is -0.357 e. The zero-order valence-corrected chi connectivity index (χ0v) is 27.4. The lowest BCUT2D eigenvalue weighted by Gasteiger charge is -2.50. The lowest BCUT2D eigenvalue weighted by molar-refractivity contribution is 0.0643. The molecule has 0 amide bonds. The Bertz CT molecular complexity index is 1670. The second-order valence-electron chi connectivity index (χ2n) is 13.6. The molecule has 3 N–H and O–H groups in total. The van der Waals surface area contributed by atoms with Gasteiger partial charge in [-0.25, -0.2) is 13.1 Å². The van der Waals surface area contributed by atoms with Crippen LogP contribution < -0.4 is 4.72 Å². The Labute approximate surface area is 258 Å². The van der Waals surface area contributed by atoms with Crippen LogP contribution in [0.4, 0.5) is 0 Å². The summed E-state index contributed by atoms with van der Waals surface area (Å²) in [5.74, 6) is 0. The van der Waals surface area contributed by atoms with Crippen LogP contribution in [0.2, 0.25) is 0 Å². The second kappa shape index (κ2) is 12.1. The van der Waals surface area contributed by atoms with Crippen LogP contribution >= 0.6 is 0 Å². The molecule has 0 aliphatic heterocycles. The standard InChI is InChI=1S/C36H50N4O2S/c1-5-6-20-35(40(3)4)21-23-36(24-22-35,33-26(2)28-15-9-11-17-31(28)38-33)34-30(29-16-10-12-18-32(29)39-34)19-25-37-43(41,42)27-13-7-8-14-27/h9-12,15-18,27,37-39H,5-8,13-14,19-25H2,1-4H3. The van der Waals surface area contributed by atoms with Crippen molar-refractivity contribution in [3.63, 3.8) is 0 Å². The number of fused-ring (bicyclic) bond motifs is 2. The third-order valence-electron chi connectivity index (χ3n) is 11.1. The molecule has 6 nitrogen and oxygen atoms in total. The van der Waals surface area contributed by atoms with Gasteiger partial charge in [0.25, 0.3) is 0 Å². The van der Waals surface area contributed by atoms with Crippen LogP contribution in [0.5, 0.6) is 0 Å². The van der Waals surface area contributed by atoms with Crippen LogP contribution in [0.15, 0.2) is 48.5 Å². The maximum atomic E-state index is 13.1. The van der Waals surface area contributed by atoms with Crippen LogP contribution in [0, 0.1) is 6.92 Å². The molecule has 4 aromatic rings. The van der Waals surface area contributed by atoms with E-state index >= 15 is 0 Å². The van der Waals surface area contributed by atoms with Gasteiger partial charge in [-0.05, 0) is 95.6 Å². The monoisotopic (exact) mass is 602 g/mol. The average Bonchev–Trinajstić information content (AvgIpc) is 3.76. The first-order valence-electron chi connectivity index (χ1n) is 16.5. The van der Waals surface area contributed by atoms with E-state index in [1.165, 1.54) is 58.1 Å². The first-order valence-corrected chi connectivity index (χ1v) is 18.1. The number of para-hydroxylation sites is 2. The molecule has 0 radical (unpaired) electrons. The summed E-state index contributed by atoms with van der Waals surface area (Å²) in [6.45, 7) is 4.99. The van der Waals surface area contributed by atoms with Crippen LogP contribution in [-0.4, -0.2) is 54.7 Å². The minimum absolute atomic E-state index is 0.197. The molecule has 0 bridgehead atoms. The fourth-order valence-electron chi connectivity index (χ4n) is 8.46. The van der Waals surface area contributed by atoms with E-state index in [2.05, 4.69) is 96.1 Å². The first kappa shape index (κ1) is 30.4. The number of aryl methyl sites for hydroxylation is 1. The fourth-order valence-corrected chi connectivity index (χ4v) is 10.0. The highest BCUT2D eigenvalue weighted by atomic mass is 32.2. The number of hydrogen-bond acceptors (Lipinski definition) is 3. The summed E-state index contributed by atoms with van der Waals surface area (Å²) in [5.41, 5.74) is 7.47. The molecule has 2 aliphatic rings. The van der Waals surface area contributed by atoms with Crippen LogP contribution in [0.25, 0.3) is 21.8 Å². The Kier molecular flexibility index (Phi) is 8.53. The summed E-state index contributed by atoms with van der Waals surface area (Å²) < 4.78 is 29.3. The number of unbranched alkanes of at least 4 members (excludes halogenated alkanes) is 1. The van der Waals surface area contributed by atoms with Gasteiger partial charge in [-0.2, -0.15) is 0 Å². The average molecular weight is 603 g/mol. The minimum atomic E-state index is -3.30. The van der Waals surface area contributed by atoms with Gasteiger partial charge in [-0.3, -0.25) is 0 Å². The van der Waals surface area contributed by atoms with Crippen molar-refractivity contribution in [3.05, 3.63) is 71.0 Å². The molecule has 2 aromatic carbocycles. The number of aromatic nitrogens is 2. The predicted molar refractivity (Wildman–Crippen MR) is 179 cm³/mol. The third kappa shape index (κ3) is 5.46. The molecule has 0 spiro atoms. The molecule has 2 aromatic heterocycles. The summed E-state index contributed by atoms with van der Waals surface area (Å²) in [7, 11) is 1.23. The number of H-pyrrole nitrogens is 2. The van der Waals surface area contributed by atoms with Crippen molar-refractivity contribution in [3.8, 4) is 0 Å². The van der Waals surface area contributed by atoms with Gasteiger partial charge in [0, 0.05) is 45.3 Å². The Morgan fingerprint density at radius 2 is 1.49 bits per heavy atom. The molecule has 0 atom stereocenters. The molecule has 0 saturated heterocycles. The number of rotatable bonds is 11. The quantitative estimate of drug-likeness (QED) is 0.164. The van der Waals surface area contributed by atoms with Gasteiger partial charge in [0.2, 0.25) is 10.0 Å². The Balaban J connectivity index is 1.44. The van der Waals surface area contributed by atoms with Crippen molar-refractivity contribution in [2.75, 3.05) is 20.6 Å². The molecular weight excluding hydrogens is 552 g/mol. The van der Waals surface area contributed by atoms with E-state index in [9.17, 15) is 8.42 Å². The van der Waals surface area contributed by atoms with E-state index in [1.54, 1.807) is 0 Å². The van der Waals surface area contributed by atoms with E-state index in [4.69, 9.17) is 0 Å². The maximum Gasteiger partial charge on any atom is 0.214 e. The number of nitrogens with one attached hydrogen (secondary N) is 3. The molecule has 7 heteroatoms. The zero-order valence-electron chi connectivity index (χ0n) is 26.6. The Morgan fingerprint density at radius 1 is 0.884 bits per heavy atom. The highest BCUT2D eigenvalue weighted by Gasteiger charge is 2.48. The topological polar surface area (TPSA) is 81.0 Å². The van der Waals surface area contributed by atoms with Gasteiger partial charge in [0.1, 0.15) is 0 Å². The van der Waals surface area contributed by atoms with Crippen molar-refractivity contribution >= 4 is 31.8 Å². The number of nitrogens with zero attached hydrogens (tertiary/aromatic N) is 1. The lowest BCUT2D eigenvalue weighted by atomic mass is 9.61. The number of benzene rings is 2. The molecule has 232 valence electrons. The largest absolute Gasteiger partial charge is 0.357 e. The van der Waals surface area contributed by atoms with Gasteiger partial charge < -0.3 is 14.9 Å². The van der Waals surface area contributed by atoms with Crippen molar-refractivity contribution in [2.45, 2.75) is 107 Å². The molecular formula is C36H50N4O2S. The number of aromatic amines is 2. The van der Waals surface area contributed by atoms with Crippen molar-refractivity contribution in [1.29, 1.82) is 0 Å². The van der Waals surface area contributed by atoms with Crippen molar-refractivity contribution < 1.29 is 8.42 Å². The van der Waals surface area contributed by atoms with Crippen molar-refractivity contribution in [2.24, 2.45) is 0 Å². The molecule has 2 aliphatic carbocycles. The van der Waals surface area contributed by atoms with E-state index in [1.807, 2.05) is 0 Å². The summed E-state index contributed by atoms with van der Waals surface area (Å²) >= 11 is 0. The van der Waals surface area contributed by atoms with Crippen LogP contribution in [0.3, 0.4) is 0 Å². The number of hydrogen-bond donors (Lipinski definition) is 3. The SMILES string of the molecule is CCCCC1(N(C)C)CCC(c2[nH]c3ccccc3c2C)(c2[nH]c3ccccc3c2CCNS(=O)(=O)C2CCCC2)CC1. The van der Waals surface area contributed by atoms with Gasteiger partial charge in [-0.15, -0.1) is 0 Å². The molecule has 0 unspecified atom stereocenters. The predicted octanol–water partition coefficient (Wildman–Crippen LogP) is 7.71. The highest BCUT2D eigenvalue weighted by Crippen LogP contribution is 2.53. The number of sulfonamides is 1. The van der Waals surface area contributed by atoms with E-state index < -0.39 is 10.0 Å². The van der Waals surface area contributed by atoms with E-state index in [0.717, 1.165) is 56.9 Å². The smallest absolute Gasteiger partial charge is 0.214 e. The lowest BCUT2D eigenvalue weighted by Crippen LogP contribution is -2.51. The Morgan fingerprint density at radius 3 is 2.12 bits per heavy atom. The zero-order chi connectivity index (χ0) is 30.2. The fraction of sp³-hybridized carbons (Fsp3) is 0.556. The Hall–Kier alpha value is -2.61. The van der Waals surface area contributed by atoms with E-state index in [0.29, 0.717) is 13.0 Å². The highest BCUT2D eigenvalue weighted by molar-refractivity contribution is 7.90. The first-order chi connectivity index (χ1) is 20.7. The van der Waals surface area contributed by atoms with Gasteiger partial charge in [0.15, 0.2) is 0 Å². The van der Waals surface area contributed by atoms with Crippen LogP contribution in [0.1, 0.15) is 100 Å². The van der Waals surface area contributed by atoms with Gasteiger partial charge in [0.05, 0.1) is 10.7 Å². The van der Waals surface area contributed by atoms with Gasteiger partial charge in [-0.1, -0.05) is 69.0 Å². The van der Waals surface area contributed by atoms with Crippen molar-refractivity contribution in [1.82, 2.24) is 19.6 Å². The summed E-state index contributed by atoms with van der Waals surface area (Å²) in [5, 5.41) is 2.26. The molecule has 2 fully saturated rings. The maximum absolute atomic E-state index is 13.1. The van der Waals surface area contributed by atoms with E-state index in [-0.39, 0.29) is 16.2 Å². The van der Waals surface area contributed by atoms with Crippen LogP contribution in [-0.2, 0) is 21.9 Å². The van der Waals surface area contributed by atoms with Gasteiger partial charge >= 0.3 is 0 Å².